The van der Waals surface area contributed by atoms with E-state index in [4.69, 9.17) is 9.47 Å². The third-order valence-corrected chi connectivity index (χ3v) is 13.4. The van der Waals surface area contributed by atoms with Crippen molar-refractivity contribution in [3.63, 3.8) is 0 Å². The van der Waals surface area contributed by atoms with E-state index in [1.807, 2.05) is 0 Å². The Hall–Kier alpha value is -7.30. The molecular formula is C40H28N6O16S4. The molecule has 338 valence electrons. The molecule has 0 fully saturated rings. The summed E-state index contributed by atoms with van der Waals surface area (Å²) in [5.74, 6) is -1.82. The second-order valence-electron chi connectivity index (χ2n) is 14.0. The zero-order valence-corrected chi connectivity index (χ0v) is 36.6. The largest absolute Gasteiger partial charge is 0.505 e. The molecule has 0 aliphatic carbocycles. The first-order valence-electron chi connectivity index (χ1n) is 18.3. The number of para-hydroxylation sites is 2. The summed E-state index contributed by atoms with van der Waals surface area (Å²) in [6, 6.07) is 21.4. The van der Waals surface area contributed by atoms with Crippen LogP contribution in [0.4, 0.5) is 22.7 Å². The van der Waals surface area contributed by atoms with Crippen molar-refractivity contribution < 1.29 is 71.6 Å². The van der Waals surface area contributed by atoms with Gasteiger partial charge in [-0.1, -0.05) is 24.3 Å². The monoisotopic (exact) mass is 976 g/mol. The SMILES string of the molecule is COc1cc(-c2ccc(N=Nc3c(S(=O)(=O)O)cc4cc(S(=O)(=O)O)cc(S(=O)(=O)O)c4c3O)c(OC)c2)ccc1N=Nc1c(S(=O)(=O)O)cc2c(ccc3nc4ccccc4nc32)c1O. The van der Waals surface area contributed by atoms with Crippen LogP contribution in [0.2, 0.25) is 0 Å². The van der Waals surface area contributed by atoms with Gasteiger partial charge in [-0.25, -0.2) is 9.97 Å². The summed E-state index contributed by atoms with van der Waals surface area (Å²) in [6.45, 7) is 0. The maximum atomic E-state index is 12.7. The van der Waals surface area contributed by atoms with E-state index in [9.17, 15) is 62.1 Å². The maximum absolute atomic E-state index is 12.7. The molecule has 0 saturated carbocycles. The maximum Gasteiger partial charge on any atom is 0.296 e. The minimum absolute atomic E-state index is 0.0134. The summed E-state index contributed by atoms with van der Waals surface area (Å²) in [6.07, 6.45) is 0. The number of methoxy groups -OCH3 is 2. The summed E-state index contributed by atoms with van der Waals surface area (Å²) in [4.78, 5) is 4.87. The average molecular weight is 977 g/mol. The number of fused-ring (bicyclic) bond motifs is 5. The van der Waals surface area contributed by atoms with Crippen molar-refractivity contribution in [1.29, 1.82) is 0 Å². The summed E-state index contributed by atoms with van der Waals surface area (Å²) in [5, 5.41) is 37.1. The van der Waals surface area contributed by atoms with Gasteiger partial charge < -0.3 is 19.7 Å². The van der Waals surface area contributed by atoms with E-state index < -0.39 is 93.7 Å². The van der Waals surface area contributed by atoms with Gasteiger partial charge in [-0.2, -0.15) is 33.7 Å². The van der Waals surface area contributed by atoms with Crippen molar-refractivity contribution >= 4 is 107 Å². The number of hydrogen-bond acceptors (Lipinski definition) is 18. The molecule has 0 aliphatic rings. The lowest BCUT2D eigenvalue weighted by Gasteiger charge is -2.13. The minimum atomic E-state index is -5.37. The minimum Gasteiger partial charge on any atom is -0.505 e. The van der Waals surface area contributed by atoms with Crippen LogP contribution in [-0.4, -0.2) is 86.3 Å². The van der Waals surface area contributed by atoms with Gasteiger partial charge in [-0.05, 0) is 89.3 Å². The Labute approximate surface area is 372 Å². The number of nitrogens with zero attached hydrogens (tertiary/aromatic N) is 6. The first-order chi connectivity index (χ1) is 31.0. The van der Waals surface area contributed by atoms with Crippen molar-refractivity contribution in [1.82, 2.24) is 9.97 Å². The zero-order valence-electron chi connectivity index (χ0n) is 33.3. The standard InChI is InChI=1S/C40H28N6O16S4/c1-61-30-14-19(7-10-27(30)43-45-37-34(66(58,59)60)18-24-23(39(37)47)9-12-29-36(24)42-26-6-4-3-5-25(26)41-29)20-8-11-28(31(15-20)62-2)44-46-38-33(65(55,56)57)16-21-13-22(63(49,50)51)17-32(64(52,53)54)35(21)40(38)48/h3-18,47-48H,1-2H3,(H,49,50,51)(H,52,53,54)(H,55,56,57)(H,58,59,60). The summed E-state index contributed by atoms with van der Waals surface area (Å²) < 4.78 is 149. The van der Waals surface area contributed by atoms with Crippen molar-refractivity contribution in [2.75, 3.05) is 14.2 Å². The Morgan fingerprint density at radius 2 is 1.00 bits per heavy atom. The summed E-state index contributed by atoms with van der Waals surface area (Å²) >= 11 is 0. The summed E-state index contributed by atoms with van der Waals surface area (Å²) in [5.41, 5.74) is 0.964. The molecule has 0 spiro atoms. The number of aromatic hydroxyl groups is 2. The molecule has 1 heterocycles. The first kappa shape index (κ1) is 45.3. The molecular weight excluding hydrogens is 949 g/mol. The molecule has 0 radical (unpaired) electrons. The Bertz CT molecular complexity index is 3940. The van der Waals surface area contributed by atoms with Crippen LogP contribution in [0.25, 0.3) is 54.7 Å². The van der Waals surface area contributed by atoms with E-state index in [1.54, 1.807) is 36.4 Å². The van der Waals surface area contributed by atoms with E-state index >= 15 is 0 Å². The highest BCUT2D eigenvalue weighted by Gasteiger charge is 2.29. The van der Waals surface area contributed by atoms with Crippen LogP contribution in [-0.2, 0) is 40.5 Å². The van der Waals surface area contributed by atoms with Gasteiger partial charge in [-0.3, -0.25) is 18.2 Å². The Morgan fingerprint density at radius 3 is 1.52 bits per heavy atom. The summed E-state index contributed by atoms with van der Waals surface area (Å²) in [7, 11) is -18.3. The molecule has 0 saturated heterocycles. The van der Waals surface area contributed by atoms with Gasteiger partial charge in [0, 0.05) is 16.2 Å². The lowest BCUT2D eigenvalue weighted by atomic mass is 10.0. The number of aromatic nitrogens is 2. The van der Waals surface area contributed by atoms with Crippen LogP contribution < -0.4 is 9.47 Å². The number of ether oxygens (including phenoxy) is 2. The number of phenols is 2. The van der Waals surface area contributed by atoms with Crippen LogP contribution in [0.1, 0.15) is 0 Å². The van der Waals surface area contributed by atoms with Crippen molar-refractivity contribution in [3.8, 4) is 34.1 Å². The molecule has 0 unspecified atom stereocenters. The fourth-order valence-corrected chi connectivity index (χ4v) is 9.62. The van der Waals surface area contributed by atoms with Gasteiger partial charge in [-0.15, -0.1) is 20.5 Å². The predicted octanol–water partition coefficient (Wildman–Crippen LogP) is 8.00. The number of rotatable bonds is 11. The number of azo groups is 2. The van der Waals surface area contributed by atoms with Crippen molar-refractivity contribution in [3.05, 3.63) is 97.1 Å². The second-order valence-corrected chi connectivity index (χ2v) is 19.6. The van der Waals surface area contributed by atoms with Crippen molar-refractivity contribution in [2.24, 2.45) is 20.5 Å². The van der Waals surface area contributed by atoms with Crippen LogP contribution >= 0.6 is 0 Å². The van der Waals surface area contributed by atoms with E-state index in [0.717, 1.165) is 6.07 Å². The van der Waals surface area contributed by atoms with Gasteiger partial charge in [0.2, 0.25) is 0 Å². The zero-order chi connectivity index (χ0) is 47.7. The predicted molar refractivity (Wildman–Crippen MR) is 234 cm³/mol. The van der Waals surface area contributed by atoms with Crippen molar-refractivity contribution in [2.45, 2.75) is 19.6 Å². The third-order valence-electron chi connectivity index (χ3n) is 9.97. The Balaban J connectivity index is 1.16. The van der Waals surface area contributed by atoms with Gasteiger partial charge in [0.25, 0.3) is 40.5 Å². The smallest absolute Gasteiger partial charge is 0.296 e. The number of benzene rings is 7. The highest BCUT2D eigenvalue weighted by Crippen LogP contribution is 2.47. The van der Waals surface area contributed by atoms with Crippen LogP contribution in [0.3, 0.4) is 0 Å². The molecule has 8 rings (SSSR count). The first-order valence-corrected chi connectivity index (χ1v) is 24.0. The van der Waals surface area contributed by atoms with E-state index in [1.165, 1.54) is 50.6 Å². The molecule has 0 atom stereocenters. The highest BCUT2D eigenvalue weighted by molar-refractivity contribution is 7.87. The lowest BCUT2D eigenvalue weighted by molar-refractivity contribution is 0.415. The Morgan fingerprint density at radius 1 is 0.485 bits per heavy atom. The van der Waals surface area contributed by atoms with Crippen LogP contribution in [0, 0.1) is 0 Å². The molecule has 8 aromatic rings. The molecule has 0 aliphatic heterocycles. The highest BCUT2D eigenvalue weighted by atomic mass is 32.2. The van der Waals surface area contributed by atoms with Gasteiger partial charge in [0.15, 0.2) is 11.5 Å². The van der Waals surface area contributed by atoms with Gasteiger partial charge in [0.05, 0.1) is 41.2 Å². The molecule has 66 heavy (non-hydrogen) atoms. The van der Waals surface area contributed by atoms with Gasteiger partial charge in [0.1, 0.15) is 48.9 Å². The van der Waals surface area contributed by atoms with E-state index in [2.05, 4.69) is 30.4 Å². The topological polar surface area (TPSA) is 352 Å². The molecule has 0 amide bonds. The molecule has 1 aromatic heterocycles. The number of phenolic OH excluding ortho intramolecular Hbond substituents is 2. The van der Waals surface area contributed by atoms with E-state index in [0.29, 0.717) is 45.9 Å². The number of hydrogen-bond donors (Lipinski definition) is 6. The van der Waals surface area contributed by atoms with Gasteiger partial charge >= 0.3 is 0 Å². The molecule has 0 bridgehead atoms. The molecule has 6 N–H and O–H groups in total. The second kappa shape index (κ2) is 16.3. The lowest BCUT2D eigenvalue weighted by Crippen LogP contribution is -2.06. The van der Waals surface area contributed by atoms with Crippen LogP contribution in [0.15, 0.2) is 137 Å². The normalized spacial score (nSPS) is 12.9. The molecule has 22 nitrogen and oxygen atoms in total. The quantitative estimate of drug-likeness (QED) is 0.0309. The Kier molecular flexibility index (Phi) is 11.2. The molecule has 7 aromatic carbocycles. The molecule has 26 heteroatoms. The fraction of sp³-hybridized carbons (Fsp3) is 0.0500. The average Bonchev–Trinajstić information content (AvgIpc) is 3.25. The van der Waals surface area contributed by atoms with E-state index in [-0.39, 0.29) is 39.2 Å². The fourth-order valence-electron chi connectivity index (χ4n) is 6.95. The third kappa shape index (κ3) is 8.40. The van der Waals surface area contributed by atoms with Crippen LogP contribution in [0.5, 0.6) is 23.0 Å².